The number of halogens is 2. The monoisotopic (exact) mass is 197 g/mol. The average molecular weight is 198 g/mol. The summed E-state index contributed by atoms with van der Waals surface area (Å²) in [6.07, 6.45) is 0.204. The van der Waals surface area contributed by atoms with Crippen LogP contribution < -0.4 is 0 Å². The second-order valence-corrected chi connectivity index (χ2v) is 3.31. The summed E-state index contributed by atoms with van der Waals surface area (Å²) in [4.78, 5) is 0. The molecule has 0 saturated heterocycles. The number of hydrogen-bond acceptors (Lipinski definition) is 1. The van der Waals surface area contributed by atoms with E-state index in [4.69, 9.17) is 16.9 Å². The molecule has 0 spiro atoms. The quantitative estimate of drug-likeness (QED) is 0.679. The summed E-state index contributed by atoms with van der Waals surface area (Å²) in [6, 6.07) is 3.28. The highest BCUT2D eigenvalue weighted by atomic mass is 35.5. The summed E-state index contributed by atoms with van der Waals surface area (Å²) in [6.45, 7) is 3.45. The van der Waals surface area contributed by atoms with Crippen molar-refractivity contribution in [2.75, 3.05) is 0 Å². The first-order chi connectivity index (χ1) is 6.07. The predicted octanol–water partition coefficient (Wildman–Crippen LogP) is 3.16. The fourth-order valence-electron chi connectivity index (χ4n) is 1.24. The van der Waals surface area contributed by atoms with Gasteiger partial charge in [-0.15, -0.1) is 0 Å². The fourth-order valence-corrected chi connectivity index (χ4v) is 1.45. The molecule has 1 aromatic rings. The Kier molecular flexibility index (Phi) is 2.90. The van der Waals surface area contributed by atoms with E-state index in [0.29, 0.717) is 16.1 Å². The van der Waals surface area contributed by atoms with Crippen LogP contribution in [0.5, 0.6) is 0 Å². The van der Waals surface area contributed by atoms with Gasteiger partial charge in [0, 0.05) is 5.02 Å². The molecule has 0 aliphatic carbocycles. The molecule has 0 aliphatic rings. The van der Waals surface area contributed by atoms with Crippen LogP contribution in [0.25, 0.3) is 0 Å². The third-order valence-electron chi connectivity index (χ3n) is 2.13. The molecule has 0 bridgehead atoms. The second-order valence-electron chi connectivity index (χ2n) is 2.90. The second kappa shape index (κ2) is 3.76. The summed E-state index contributed by atoms with van der Waals surface area (Å²) in [5.41, 5.74) is 2.01. The van der Waals surface area contributed by atoms with Crippen LogP contribution in [0.1, 0.15) is 16.7 Å². The Morgan fingerprint density at radius 2 is 2.08 bits per heavy atom. The van der Waals surface area contributed by atoms with Crippen molar-refractivity contribution in [3.05, 3.63) is 33.6 Å². The van der Waals surface area contributed by atoms with Crippen LogP contribution in [0, 0.1) is 31.0 Å². The number of rotatable bonds is 1. The molecule has 0 N–H and O–H groups in total. The Labute approximate surface area is 81.8 Å². The summed E-state index contributed by atoms with van der Waals surface area (Å²) >= 11 is 5.78. The smallest absolute Gasteiger partial charge is 0.127 e. The maximum absolute atomic E-state index is 13.1. The number of nitrogens with zero attached hydrogens (tertiary/aromatic N) is 1. The van der Waals surface area contributed by atoms with E-state index in [9.17, 15) is 4.39 Å². The van der Waals surface area contributed by atoms with Crippen LogP contribution in [0.3, 0.4) is 0 Å². The van der Waals surface area contributed by atoms with E-state index >= 15 is 0 Å². The Bertz CT molecular complexity index is 353. The van der Waals surface area contributed by atoms with Crippen molar-refractivity contribution in [1.82, 2.24) is 0 Å². The molecular weight excluding hydrogens is 189 g/mol. The van der Waals surface area contributed by atoms with Gasteiger partial charge in [0.2, 0.25) is 0 Å². The summed E-state index contributed by atoms with van der Waals surface area (Å²) in [7, 11) is 0. The van der Waals surface area contributed by atoms with Gasteiger partial charge in [-0.3, -0.25) is 0 Å². The summed E-state index contributed by atoms with van der Waals surface area (Å²) in [5, 5.41) is 8.92. The normalized spacial score (nSPS) is 9.77. The van der Waals surface area contributed by atoms with E-state index in [0.717, 1.165) is 5.56 Å². The van der Waals surface area contributed by atoms with Crippen molar-refractivity contribution in [2.45, 2.75) is 20.3 Å². The topological polar surface area (TPSA) is 23.8 Å². The van der Waals surface area contributed by atoms with E-state index in [1.165, 1.54) is 6.07 Å². The molecule has 0 saturated carbocycles. The molecule has 0 unspecified atom stereocenters. The summed E-state index contributed by atoms with van der Waals surface area (Å²) < 4.78 is 13.1. The van der Waals surface area contributed by atoms with Gasteiger partial charge in [-0.25, -0.2) is 4.39 Å². The zero-order valence-corrected chi connectivity index (χ0v) is 8.24. The van der Waals surface area contributed by atoms with Gasteiger partial charge in [0.15, 0.2) is 0 Å². The Balaban J connectivity index is 3.39. The van der Waals surface area contributed by atoms with Gasteiger partial charge in [0.25, 0.3) is 0 Å². The lowest BCUT2D eigenvalue weighted by Gasteiger charge is -2.08. The highest BCUT2D eigenvalue weighted by Gasteiger charge is 2.10. The number of nitriles is 1. The lowest BCUT2D eigenvalue weighted by Crippen LogP contribution is -1.96. The molecule has 0 aliphatic heterocycles. The van der Waals surface area contributed by atoms with Crippen LogP contribution in [0.4, 0.5) is 4.39 Å². The molecule has 1 nitrogen and oxygen atoms in total. The molecule has 0 atom stereocenters. The summed E-state index contributed by atoms with van der Waals surface area (Å²) in [5.74, 6) is -0.346. The largest absolute Gasteiger partial charge is 0.207 e. The molecule has 0 aromatic heterocycles. The average Bonchev–Trinajstić information content (AvgIpc) is 2.09. The zero-order valence-electron chi connectivity index (χ0n) is 7.49. The van der Waals surface area contributed by atoms with Crippen molar-refractivity contribution >= 4 is 11.6 Å². The van der Waals surface area contributed by atoms with Crippen LogP contribution >= 0.6 is 11.6 Å². The van der Waals surface area contributed by atoms with E-state index < -0.39 is 0 Å². The minimum absolute atomic E-state index is 0.204. The number of benzene rings is 1. The molecule has 3 heteroatoms. The predicted molar refractivity (Wildman–Crippen MR) is 50.2 cm³/mol. The van der Waals surface area contributed by atoms with Gasteiger partial charge >= 0.3 is 0 Å². The molecule has 13 heavy (non-hydrogen) atoms. The molecule has 0 radical (unpaired) electrons. The first-order valence-electron chi connectivity index (χ1n) is 3.89. The van der Waals surface area contributed by atoms with E-state index in [2.05, 4.69) is 0 Å². The molecule has 0 heterocycles. The third-order valence-corrected chi connectivity index (χ3v) is 2.52. The van der Waals surface area contributed by atoms with Gasteiger partial charge in [-0.05, 0) is 36.6 Å². The molecule has 1 aromatic carbocycles. The highest BCUT2D eigenvalue weighted by molar-refractivity contribution is 6.31. The van der Waals surface area contributed by atoms with Gasteiger partial charge < -0.3 is 0 Å². The number of hydrogen-bond donors (Lipinski definition) is 0. The van der Waals surface area contributed by atoms with Crippen molar-refractivity contribution in [1.29, 1.82) is 5.26 Å². The van der Waals surface area contributed by atoms with Crippen molar-refractivity contribution < 1.29 is 4.39 Å². The Hall–Kier alpha value is -1.07. The first kappa shape index (κ1) is 10.0. The maximum atomic E-state index is 13.1. The van der Waals surface area contributed by atoms with E-state index in [1.807, 2.05) is 6.07 Å². The fraction of sp³-hybridized carbons (Fsp3) is 0.300. The van der Waals surface area contributed by atoms with E-state index in [1.54, 1.807) is 13.8 Å². The SMILES string of the molecule is Cc1c(F)cc(Cl)c(C)c1CC#N. The van der Waals surface area contributed by atoms with Crippen LogP contribution in [-0.4, -0.2) is 0 Å². The maximum Gasteiger partial charge on any atom is 0.127 e. The van der Waals surface area contributed by atoms with Crippen molar-refractivity contribution in [2.24, 2.45) is 0 Å². The van der Waals surface area contributed by atoms with Crippen LogP contribution in [0.15, 0.2) is 6.07 Å². The van der Waals surface area contributed by atoms with Crippen molar-refractivity contribution in [3.8, 4) is 6.07 Å². The zero-order chi connectivity index (χ0) is 10.0. The molecule has 68 valence electrons. The van der Waals surface area contributed by atoms with Gasteiger partial charge in [0.05, 0.1) is 12.5 Å². The van der Waals surface area contributed by atoms with Gasteiger partial charge in [0.1, 0.15) is 5.82 Å². The molecule has 1 rings (SSSR count). The minimum atomic E-state index is -0.346. The Morgan fingerprint density at radius 1 is 1.46 bits per heavy atom. The van der Waals surface area contributed by atoms with E-state index in [-0.39, 0.29) is 12.2 Å². The van der Waals surface area contributed by atoms with Crippen molar-refractivity contribution in [3.63, 3.8) is 0 Å². The standard InChI is InChI=1S/C10H9ClFN/c1-6-8(3-4-13)7(2)10(12)5-9(6)11/h5H,3H2,1-2H3. The third kappa shape index (κ3) is 1.81. The van der Waals surface area contributed by atoms with Crippen LogP contribution in [0.2, 0.25) is 5.02 Å². The van der Waals surface area contributed by atoms with Gasteiger partial charge in [-0.1, -0.05) is 11.6 Å². The first-order valence-corrected chi connectivity index (χ1v) is 4.26. The highest BCUT2D eigenvalue weighted by Crippen LogP contribution is 2.25. The van der Waals surface area contributed by atoms with Crippen LogP contribution in [-0.2, 0) is 6.42 Å². The molecular formula is C10H9ClFN. The minimum Gasteiger partial charge on any atom is -0.207 e. The lowest BCUT2D eigenvalue weighted by molar-refractivity contribution is 0.615. The lowest BCUT2D eigenvalue weighted by atomic mass is 10.00. The molecule has 0 amide bonds. The van der Waals surface area contributed by atoms with Gasteiger partial charge in [-0.2, -0.15) is 5.26 Å². The Morgan fingerprint density at radius 3 is 2.62 bits per heavy atom. The molecule has 0 fully saturated rings.